The maximum absolute atomic E-state index is 12.8. The van der Waals surface area contributed by atoms with Gasteiger partial charge in [-0.1, -0.05) is 24.3 Å². The first-order valence-corrected chi connectivity index (χ1v) is 12.4. The summed E-state index contributed by atoms with van der Waals surface area (Å²) < 4.78 is 0. The Kier molecular flexibility index (Phi) is 10.4. The lowest BCUT2D eigenvalue weighted by Crippen LogP contribution is -2.50. The summed E-state index contributed by atoms with van der Waals surface area (Å²) >= 11 is 0. The minimum atomic E-state index is -0.224. The lowest BCUT2D eigenvalue weighted by Gasteiger charge is -2.18. The normalized spacial score (nSPS) is 12.4. The Morgan fingerprint density at radius 3 is 1.74 bits per heavy atom. The number of hydrogen-bond donors (Lipinski definition) is 4. The number of amides is 1. The SMILES string of the molecule is [NH3+]CCCCNCCCCNCCCCNC(=O)c1ccc2c(c1)C(=O)c1ccccc1C2=O. The van der Waals surface area contributed by atoms with Crippen molar-refractivity contribution >= 4 is 17.5 Å². The summed E-state index contributed by atoms with van der Waals surface area (Å²) in [6.45, 7) is 5.69. The van der Waals surface area contributed by atoms with Crippen molar-refractivity contribution in [1.82, 2.24) is 16.0 Å². The van der Waals surface area contributed by atoms with E-state index in [1.807, 2.05) is 0 Å². The van der Waals surface area contributed by atoms with Crippen LogP contribution in [0, 0.1) is 0 Å². The summed E-state index contributed by atoms with van der Waals surface area (Å²) in [7, 11) is 0. The molecule has 0 saturated carbocycles. The van der Waals surface area contributed by atoms with Gasteiger partial charge >= 0.3 is 0 Å². The first-order valence-electron chi connectivity index (χ1n) is 12.4. The van der Waals surface area contributed by atoms with Crippen molar-refractivity contribution in [2.24, 2.45) is 0 Å². The van der Waals surface area contributed by atoms with Crippen LogP contribution in [0.3, 0.4) is 0 Å². The summed E-state index contributed by atoms with van der Waals surface area (Å²) in [6.07, 6.45) is 6.59. The fourth-order valence-corrected chi connectivity index (χ4v) is 4.10. The minimum absolute atomic E-state index is 0.175. The fraction of sp³-hybridized carbons (Fsp3) is 0.444. The Labute approximate surface area is 201 Å². The molecule has 0 bridgehead atoms. The van der Waals surface area contributed by atoms with Gasteiger partial charge in [0.2, 0.25) is 0 Å². The third kappa shape index (κ3) is 7.06. The molecule has 1 aliphatic carbocycles. The van der Waals surface area contributed by atoms with Crippen molar-refractivity contribution < 1.29 is 20.1 Å². The molecule has 0 unspecified atom stereocenters. The van der Waals surface area contributed by atoms with Crippen LogP contribution >= 0.6 is 0 Å². The molecule has 0 fully saturated rings. The van der Waals surface area contributed by atoms with E-state index in [0.29, 0.717) is 34.4 Å². The van der Waals surface area contributed by atoms with E-state index in [1.165, 1.54) is 25.3 Å². The molecule has 0 aliphatic heterocycles. The minimum Gasteiger partial charge on any atom is -0.358 e. The molecular formula is C27H37N4O3+. The fourth-order valence-electron chi connectivity index (χ4n) is 4.10. The van der Waals surface area contributed by atoms with Gasteiger partial charge in [-0.15, -0.1) is 0 Å². The van der Waals surface area contributed by atoms with Crippen molar-refractivity contribution in [2.45, 2.75) is 38.5 Å². The van der Waals surface area contributed by atoms with E-state index in [1.54, 1.807) is 36.4 Å². The van der Waals surface area contributed by atoms with Crippen LogP contribution < -0.4 is 21.7 Å². The Hall–Kier alpha value is -2.87. The standard InChI is InChI=1S/C27H36N4O3/c28-13-3-4-14-29-15-5-6-16-30-17-7-8-18-31-27(34)20-11-12-23-24(19-20)26(33)22-10-2-1-9-21(22)25(23)32/h1-2,9-12,19,29-30H,3-8,13-18,28H2,(H,31,34)/p+1. The highest BCUT2D eigenvalue weighted by molar-refractivity contribution is 6.28. The van der Waals surface area contributed by atoms with Gasteiger partial charge in [-0.3, -0.25) is 14.4 Å². The summed E-state index contributed by atoms with van der Waals surface area (Å²) in [5.41, 5.74) is 5.72. The molecule has 0 saturated heterocycles. The molecule has 0 radical (unpaired) electrons. The van der Waals surface area contributed by atoms with E-state index < -0.39 is 0 Å². The van der Waals surface area contributed by atoms with Gasteiger partial charge < -0.3 is 21.7 Å². The molecule has 6 N–H and O–H groups in total. The number of rotatable bonds is 15. The number of nitrogens with one attached hydrogen (secondary N) is 3. The zero-order chi connectivity index (χ0) is 24.2. The van der Waals surface area contributed by atoms with E-state index in [9.17, 15) is 14.4 Å². The van der Waals surface area contributed by atoms with Gasteiger partial charge in [0.05, 0.1) is 6.54 Å². The third-order valence-electron chi connectivity index (χ3n) is 6.06. The highest BCUT2D eigenvalue weighted by Gasteiger charge is 2.29. The smallest absolute Gasteiger partial charge is 0.251 e. The largest absolute Gasteiger partial charge is 0.358 e. The molecule has 2 aromatic rings. The highest BCUT2D eigenvalue weighted by atomic mass is 16.2. The van der Waals surface area contributed by atoms with Crippen LogP contribution in [-0.2, 0) is 0 Å². The van der Waals surface area contributed by atoms with Gasteiger partial charge in [-0.25, -0.2) is 0 Å². The maximum Gasteiger partial charge on any atom is 0.251 e. The van der Waals surface area contributed by atoms with Crippen LogP contribution in [-0.4, -0.2) is 56.7 Å². The number of carbonyl (C=O) groups excluding carboxylic acids is 3. The molecule has 182 valence electrons. The van der Waals surface area contributed by atoms with Crippen LogP contribution in [0.2, 0.25) is 0 Å². The summed E-state index contributed by atoms with van der Waals surface area (Å²) in [6, 6.07) is 11.6. The maximum atomic E-state index is 12.8. The molecule has 7 nitrogen and oxygen atoms in total. The van der Waals surface area contributed by atoms with Gasteiger partial charge in [0.15, 0.2) is 11.6 Å². The van der Waals surface area contributed by atoms with E-state index >= 15 is 0 Å². The van der Waals surface area contributed by atoms with E-state index in [4.69, 9.17) is 0 Å². The molecule has 0 atom stereocenters. The predicted molar refractivity (Wildman–Crippen MR) is 133 cm³/mol. The highest BCUT2D eigenvalue weighted by Crippen LogP contribution is 2.27. The molecular weight excluding hydrogens is 428 g/mol. The van der Waals surface area contributed by atoms with E-state index in [-0.39, 0.29) is 17.5 Å². The quantitative estimate of drug-likeness (QED) is 0.256. The molecule has 1 amide bonds. The molecule has 0 aromatic heterocycles. The Balaban J connectivity index is 1.31. The lowest BCUT2D eigenvalue weighted by atomic mass is 9.83. The Bertz CT molecular complexity index is 990. The molecule has 7 heteroatoms. The van der Waals surface area contributed by atoms with Gasteiger partial charge in [0.1, 0.15) is 0 Å². The summed E-state index contributed by atoms with van der Waals surface area (Å²) in [5.74, 6) is -0.612. The predicted octanol–water partition coefficient (Wildman–Crippen LogP) is 1.95. The van der Waals surface area contributed by atoms with Crippen molar-refractivity contribution in [1.29, 1.82) is 0 Å². The average molecular weight is 466 g/mol. The second-order valence-corrected chi connectivity index (χ2v) is 8.69. The molecule has 0 spiro atoms. The van der Waals surface area contributed by atoms with E-state index in [2.05, 4.69) is 21.7 Å². The second-order valence-electron chi connectivity index (χ2n) is 8.69. The zero-order valence-electron chi connectivity index (χ0n) is 20.0. The van der Waals surface area contributed by atoms with Crippen molar-refractivity contribution in [3.05, 3.63) is 70.3 Å². The number of hydrogen-bond acceptors (Lipinski definition) is 5. The molecule has 3 rings (SSSR count). The third-order valence-corrected chi connectivity index (χ3v) is 6.06. The Morgan fingerprint density at radius 2 is 1.15 bits per heavy atom. The topological polar surface area (TPSA) is 115 Å². The number of ketones is 2. The molecule has 1 aliphatic rings. The summed E-state index contributed by atoms with van der Waals surface area (Å²) in [4.78, 5) is 38.1. The van der Waals surface area contributed by atoms with Crippen LogP contribution in [0.25, 0.3) is 0 Å². The van der Waals surface area contributed by atoms with Crippen LogP contribution in [0.4, 0.5) is 0 Å². The van der Waals surface area contributed by atoms with Crippen molar-refractivity contribution in [2.75, 3.05) is 39.3 Å². The number of fused-ring (bicyclic) bond motifs is 2. The van der Waals surface area contributed by atoms with Crippen molar-refractivity contribution in [3.63, 3.8) is 0 Å². The molecule has 34 heavy (non-hydrogen) atoms. The average Bonchev–Trinajstić information content (AvgIpc) is 2.87. The first kappa shape index (κ1) is 25.7. The van der Waals surface area contributed by atoms with Crippen LogP contribution in [0.15, 0.2) is 42.5 Å². The molecule has 0 heterocycles. The van der Waals surface area contributed by atoms with Gasteiger partial charge in [0, 0.05) is 34.4 Å². The van der Waals surface area contributed by atoms with Gasteiger partial charge in [0.25, 0.3) is 5.91 Å². The number of benzene rings is 2. The second kappa shape index (κ2) is 13.7. The van der Waals surface area contributed by atoms with Crippen LogP contribution in [0.1, 0.15) is 80.7 Å². The number of unbranched alkanes of at least 4 members (excludes halogenated alkanes) is 3. The lowest BCUT2D eigenvalue weighted by molar-refractivity contribution is -0.368. The monoisotopic (exact) mass is 465 g/mol. The summed E-state index contributed by atoms with van der Waals surface area (Å²) in [5, 5.41) is 9.82. The van der Waals surface area contributed by atoms with Crippen LogP contribution in [0.5, 0.6) is 0 Å². The number of carbonyl (C=O) groups is 3. The van der Waals surface area contributed by atoms with Gasteiger partial charge in [-0.05, 0) is 82.9 Å². The number of quaternary nitrogens is 1. The first-order chi connectivity index (χ1) is 16.6. The zero-order valence-corrected chi connectivity index (χ0v) is 20.0. The molecule has 2 aromatic carbocycles. The Morgan fingerprint density at radius 1 is 0.647 bits per heavy atom. The van der Waals surface area contributed by atoms with Gasteiger partial charge in [-0.2, -0.15) is 0 Å². The van der Waals surface area contributed by atoms with Crippen molar-refractivity contribution in [3.8, 4) is 0 Å². The van der Waals surface area contributed by atoms with E-state index in [0.717, 1.165) is 52.0 Å².